The molecular weight excluding hydrogens is 515 g/mol. The maximum atomic E-state index is 13.8. The number of ether oxygens (including phenoxy) is 2. The summed E-state index contributed by atoms with van der Waals surface area (Å²) in [6.07, 6.45) is -2.13. The average molecular weight is 558 g/mol. The maximum Gasteiger partial charge on any atom is 0.419 e. The van der Waals surface area contributed by atoms with Crippen LogP contribution in [0.2, 0.25) is 0 Å². The van der Waals surface area contributed by atoms with E-state index < -0.39 is 58.6 Å². The number of hydrogen-bond donors (Lipinski definition) is 1. The molecule has 1 saturated heterocycles. The van der Waals surface area contributed by atoms with E-state index in [1.54, 1.807) is 20.8 Å². The number of carbonyl (C=O) groups is 3. The molecule has 1 aromatic carbocycles. The Hall–Kier alpha value is -2.62. The van der Waals surface area contributed by atoms with E-state index in [1.807, 2.05) is 0 Å². The molecule has 2 rings (SSSR count). The van der Waals surface area contributed by atoms with Crippen molar-refractivity contribution in [3.63, 3.8) is 0 Å². The number of rotatable bonds is 12. The van der Waals surface area contributed by atoms with Crippen LogP contribution in [0.4, 0.5) is 18.0 Å². The molecule has 0 aromatic heterocycles. The maximum absolute atomic E-state index is 13.8. The molecule has 0 bridgehead atoms. The van der Waals surface area contributed by atoms with Crippen LogP contribution in [-0.2, 0) is 15.7 Å². The van der Waals surface area contributed by atoms with E-state index in [-0.39, 0.29) is 17.9 Å². The van der Waals surface area contributed by atoms with Gasteiger partial charge in [0.15, 0.2) is 11.6 Å². The highest BCUT2D eigenvalue weighted by Crippen LogP contribution is 2.48. The van der Waals surface area contributed by atoms with Gasteiger partial charge < -0.3 is 14.6 Å². The fourth-order valence-electron chi connectivity index (χ4n) is 5.39. The monoisotopic (exact) mass is 557 g/mol. The first-order chi connectivity index (χ1) is 17.9. The normalized spacial score (nSPS) is 21.2. The van der Waals surface area contributed by atoms with E-state index in [1.165, 1.54) is 26.8 Å². The van der Waals surface area contributed by atoms with E-state index in [4.69, 9.17) is 9.47 Å². The third-order valence-electron chi connectivity index (χ3n) is 7.15. The molecule has 39 heavy (non-hydrogen) atoms. The minimum absolute atomic E-state index is 0.119. The van der Waals surface area contributed by atoms with Crippen molar-refractivity contribution in [2.45, 2.75) is 117 Å². The number of carbonyl (C=O) groups excluding carboxylic acids is 2. The summed E-state index contributed by atoms with van der Waals surface area (Å²) in [4.78, 5) is 39.8. The number of carboxylic acid groups (broad SMARTS) is 1. The van der Waals surface area contributed by atoms with Gasteiger partial charge in [-0.25, -0.2) is 4.79 Å². The van der Waals surface area contributed by atoms with Gasteiger partial charge in [-0.05, 0) is 50.8 Å². The average Bonchev–Trinajstić information content (AvgIpc) is 3.04. The Morgan fingerprint density at radius 1 is 1.03 bits per heavy atom. The largest absolute Gasteiger partial charge is 0.493 e. The lowest BCUT2D eigenvalue weighted by Crippen LogP contribution is -2.62. The molecule has 0 saturated carbocycles. The van der Waals surface area contributed by atoms with Crippen molar-refractivity contribution in [1.82, 2.24) is 4.90 Å². The molecule has 1 heterocycles. The number of halogens is 3. The third-order valence-corrected chi connectivity index (χ3v) is 7.15. The fourth-order valence-corrected chi connectivity index (χ4v) is 5.39. The Kier molecular flexibility index (Phi) is 10.3. The smallest absolute Gasteiger partial charge is 0.419 e. The van der Waals surface area contributed by atoms with Crippen molar-refractivity contribution in [1.29, 1.82) is 0 Å². The van der Waals surface area contributed by atoms with Gasteiger partial charge in [0, 0.05) is 5.56 Å². The molecule has 7 nitrogen and oxygen atoms in total. The van der Waals surface area contributed by atoms with Crippen molar-refractivity contribution in [3.8, 4) is 5.75 Å². The second kappa shape index (κ2) is 12.3. The lowest BCUT2D eigenvalue weighted by atomic mass is 9.74. The highest BCUT2D eigenvalue weighted by Gasteiger charge is 2.64. The molecule has 1 aliphatic heterocycles. The van der Waals surface area contributed by atoms with Crippen molar-refractivity contribution in [2.24, 2.45) is 5.41 Å². The minimum Gasteiger partial charge on any atom is -0.493 e. The molecule has 0 spiro atoms. The van der Waals surface area contributed by atoms with Crippen molar-refractivity contribution < 1.29 is 42.1 Å². The summed E-state index contributed by atoms with van der Waals surface area (Å²) in [5.41, 5.74) is -5.19. The van der Waals surface area contributed by atoms with Gasteiger partial charge in [0.25, 0.3) is 0 Å². The molecule has 1 N–H and O–H groups in total. The molecule has 1 amide bonds. The second-order valence-electron chi connectivity index (χ2n) is 11.9. The van der Waals surface area contributed by atoms with Crippen LogP contribution < -0.4 is 4.74 Å². The van der Waals surface area contributed by atoms with Crippen LogP contribution in [0, 0.1) is 5.41 Å². The van der Waals surface area contributed by atoms with Crippen LogP contribution in [-0.4, -0.2) is 51.6 Å². The number of hydrogen-bond acceptors (Lipinski definition) is 5. The van der Waals surface area contributed by atoms with Gasteiger partial charge in [-0.1, -0.05) is 59.8 Å². The van der Waals surface area contributed by atoms with Gasteiger partial charge in [0.2, 0.25) is 0 Å². The zero-order valence-corrected chi connectivity index (χ0v) is 24.0. The van der Waals surface area contributed by atoms with Gasteiger partial charge in [0.1, 0.15) is 17.0 Å². The standard InChI is InChI=1S/C29H42F3NO6/c1-8-9-10-11-12-13-16-38-22-15-14-19(17-20(22)29(30,31)32)21(34)18-23(35)28(7)24(26(2,3)4)39-27(5,6)33(28)25(36)37/h14-15,17,24H,8-13,16,18H2,1-7H3,(H,36,37). The topological polar surface area (TPSA) is 93.1 Å². The molecule has 0 aliphatic carbocycles. The van der Waals surface area contributed by atoms with Crippen LogP contribution >= 0.6 is 0 Å². The van der Waals surface area contributed by atoms with Gasteiger partial charge in [-0.2, -0.15) is 13.2 Å². The molecule has 1 aromatic rings. The van der Waals surface area contributed by atoms with Crippen molar-refractivity contribution >= 4 is 17.7 Å². The first kappa shape index (κ1) is 32.6. The summed E-state index contributed by atoms with van der Waals surface area (Å²) in [5.74, 6) is -1.98. The molecule has 1 aliphatic rings. The van der Waals surface area contributed by atoms with Crippen LogP contribution in [0.15, 0.2) is 18.2 Å². The van der Waals surface area contributed by atoms with E-state index in [2.05, 4.69) is 6.92 Å². The number of alkyl halides is 3. The molecule has 2 unspecified atom stereocenters. The summed E-state index contributed by atoms with van der Waals surface area (Å²) in [6.45, 7) is 12.0. The Labute approximate surface area is 229 Å². The van der Waals surface area contributed by atoms with Crippen LogP contribution in [0.25, 0.3) is 0 Å². The number of benzene rings is 1. The van der Waals surface area contributed by atoms with E-state index >= 15 is 0 Å². The summed E-state index contributed by atoms with van der Waals surface area (Å²) < 4.78 is 52.9. The molecule has 0 radical (unpaired) electrons. The van der Waals surface area contributed by atoms with Gasteiger partial charge in [-0.15, -0.1) is 0 Å². The van der Waals surface area contributed by atoms with E-state index in [0.717, 1.165) is 43.1 Å². The SMILES string of the molecule is CCCCCCCCOc1ccc(C(=O)CC(=O)C2(C)C(C(C)(C)C)OC(C)(C)N2C(=O)O)cc1C(F)(F)F. The van der Waals surface area contributed by atoms with Gasteiger partial charge in [-0.3, -0.25) is 14.5 Å². The van der Waals surface area contributed by atoms with Gasteiger partial charge in [0.05, 0.1) is 24.7 Å². The van der Waals surface area contributed by atoms with E-state index in [9.17, 15) is 32.7 Å². The predicted molar refractivity (Wildman–Crippen MR) is 141 cm³/mol. The molecule has 2 atom stereocenters. The Morgan fingerprint density at radius 2 is 1.62 bits per heavy atom. The Bertz CT molecular complexity index is 1050. The van der Waals surface area contributed by atoms with Crippen LogP contribution in [0.1, 0.15) is 109 Å². The Morgan fingerprint density at radius 3 is 2.15 bits per heavy atom. The van der Waals surface area contributed by atoms with Crippen LogP contribution in [0.5, 0.6) is 5.75 Å². The number of unbranched alkanes of at least 4 members (excludes halogenated alkanes) is 5. The highest BCUT2D eigenvalue weighted by atomic mass is 19.4. The molecule has 10 heteroatoms. The highest BCUT2D eigenvalue weighted by molar-refractivity contribution is 6.11. The molecular formula is C29H42F3NO6. The number of Topliss-reactive ketones (excluding diaryl/α,β-unsaturated/α-hetero) is 2. The number of nitrogens with zero attached hydrogens (tertiary/aromatic N) is 1. The van der Waals surface area contributed by atoms with Crippen molar-refractivity contribution in [2.75, 3.05) is 6.61 Å². The first-order valence-electron chi connectivity index (χ1n) is 13.5. The number of amides is 1. The predicted octanol–water partition coefficient (Wildman–Crippen LogP) is 7.51. The zero-order chi connectivity index (χ0) is 29.8. The first-order valence-corrected chi connectivity index (χ1v) is 13.5. The third kappa shape index (κ3) is 7.52. The lowest BCUT2D eigenvalue weighted by molar-refractivity contribution is -0.139. The Balaban J connectivity index is 2.27. The summed E-state index contributed by atoms with van der Waals surface area (Å²) in [7, 11) is 0. The van der Waals surface area contributed by atoms with Crippen molar-refractivity contribution in [3.05, 3.63) is 29.3 Å². The second-order valence-corrected chi connectivity index (χ2v) is 11.9. The summed E-state index contributed by atoms with van der Waals surface area (Å²) in [5, 5.41) is 9.94. The summed E-state index contributed by atoms with van der Waals surface area (Å²) in [6, 6.07) is 3.00. The fraction of sp³-hybridized carbons (Fsp3) is 0.690. The van der Waals surface area contributed by atoms with Gasteiger partial charge >= 0.3 is 12.3 Å². The molecule has 1 fully saturated rings. The van der Waals surface area contributed by atoms with E-state index in [0.29, 0.717) is 12.5 Å². The minimum atomic E-state index is -4.77. The summed E-state index contributed by atoms with van der Waals surface area (Å²) >= 11 is 0. The molecule has 220 valence electrons. The quantitative estimate of drug-likeness (QED) is 0.162. The van der Waals surface area contributed by atoms with Crippen LogP contribution in [0.3, 0.4) is 0 Å². The lowest BCUT2D eigenvalue weighted by Gasteiger charge is -2.40. The number of ketones is 2. The zero-order valence-electron chi connectivity index (χ0n) is 24.0.